The van der Waals surface area contributed by atoms with Gasteiger partial charge in [0.2, 0.25) is 0 Å². The summed E-state index contributed by atoms with van der Waals surface area (Å²) < 4.78 is 0.990. The largest absolute Gasteiger partial charge is 0.313 e. The Kier molecular flexibility index (Phi) is 5.33. The van der Waals surface area contributed by atoms with E-state index in [1.54, 1.807) is 0 Å². The first-order valence-corrected chi connectivity index (χ1v) is 8.31. The highest BCUT2D eigenvalue weighted by atomic mass is 79.9. The van der Waals surface area contributed by atoms with Gasteiger partial charge in [0.15, 0.2) is 0 Å². The molecule has 1 fully saturated rings. The van der Waals surface area contributed by atoms with Crippen LogP contribution < -0.4 is 5.32 Å². The van der Waals surface area contributed by atoms with E-state index in [2.05, 4.69) is 47.2 Å². The molecule has 1 aliphatic rings. The molecule has 3 atom stereocenters. The Morgan fingerprint density at radius 3 is 2.42 bits per heavy atom. The minimum Gasteiger partial charge on any atom is -0.313 e. The van der Waals surface area contributed by atoms with Gasteiger partial charge in [-0.1, -0.05) is 37.6 Å². The van der Waals surface area contributed by atoms with Gasteiger partial charge in [0, 0.05) is 10.5 Å². The highest BCUT2D eigenvalue weighted by molar-refractivity contribution is 9.10. The van der Waals surface area contributed by atoms with Crippen molar-refractivity contribution in [2.45, 2.75) is 39.2 Å². The fourth-order valence-electron chi connectivity index (χ4n) is 3.69. The summed E-state index contributed by atoms with van der Waals surface area (Å²) in [7, 11) is 2.05. The van der Waals surface area contributed by atoms with Crippen molar-refractivity contribution in [3.8, 4) is 0 Å². The summed E-state index contributed by atoms with van der Waals surface area (Å²) >= 11 is 10.0. The normalized spacial score (nSPS) is 29.2. The van der Waals surface area contributed by atoms with Gasteiger partial charge in [-0.05, 0) is 71.6 Å². The van der Waals surface area contributed by atoms with Crippen molar-refractivity contribution in [1.29, 1.82) is 0 Å². The first-order valence-electron chi connectivity index (χ1n) is 7.14. The fraction of sp³-hybridized carbons (Fsp3) is 0.625. The number of benzene rings is 1. The van der Waals surface area contributed by atoms with Crippen LogP contribution in [0.5, 0.6) is 0 Å². The lowest BCUT2D eigenvalue weighted by molar-refractivity contribution is 0.180. The van der Waals surface area contributed by atoms with Crippen molar-refractivity contribution < 1.29 is 0 Å². The van der Waals surface area contributed by atoms with Gasteiger partial charge in [0.1, 0.15) is 0 Å². The van der Waals surface area contributed by atoms with Gasteiger partial charge in [-0.25, -0.2) is 0 Å². The summed E-state index contributed by atoms with van der Waals surface area (Å²) in [5, 5.41) is 4.35. The summed E-state index contributed by atoms with van der Waals surface area (Å²) in [6.45, 7) is 4.75. The summed E-state index contributed by atoms with van der Waals surface area (Å²) in [6.07, 6.45) is 3.94. The predicted octanol–water partition coefficient (Wildman–Crippen LogP) is 5.44. The molecule has 0 amide bonds. The van der Waals surface area contributed by atoms with Gasteiger partial charge in [-0.15, -0.1) is 0 Å². The molecule has 0 bridgehead atoms. The molecule has 0 aromatic heterocycles. The molecule has 0 radical (unpaired) electrons. The molecule has 1 aliphatic carbocycles. The van der Waals surface area contributed by atoms with Crippen LogP contribution in [0.4, 0.5) is 0 Å². The monoisotopic (exact) mass is 343 g/mol. The second-order valence-electron chi connectivity index (χ2n) is 6.09. The Morgan fingerprint density at radius 1 is 1.21 bits per heavy atom. The minimum absolute atomic E-state index is 0.357. The van der Waals surface area contributed by atoms with Gasteiger partial charge >= 0.3 is 0 Å². The average molecular weight is 345 g/mol. The molecule has 1 nitrogen and oxygen atoms in total. The molecule has 0 heterocycles. The van der Waals surface area contributed by atoms with Crippen LogP contribution in [0.2, 0.25) is 5.02 Å². The molecule has 19 heavy (non-hydrogen) atoms. The van der Waals surface area contributed by atoms with E-state index in [1.807, 2.05) is 13.1 Å². The van der Waals surface area contributed by atoms with Crippen molar-refractivity contribution in [1.82, 2.24) is 5.32 Å². The van der Waals surface area contributed by atoms with E-state index in [0.29, 0.717) is 12.0 Å². The molecule has 1 saturated carbocycles. The Morgan fingerprint density at radius 2 is 1.84 bits per heavy atom. The molecule has 2 rings (SSSR count). The Labute approximate surface area is 130 Å². The highest BCUT2D eigenvalue weighted by Crippen LogP contribution is 2.42. The van der Waals surface area contributed by atoms with Crippen molar-refractivity contribution in [3.63, 3.8) is 0 Å². The van der Waals surface area contributed by atoms with Crippen molar-refractivity contribution in [3.05, 3.63) is 33.3 Å². The van der Waals surface area contributed by atoms with Crippen molar-refractivity contribution in [2.75, 3.05) is 7.05 Å². The zero-order chi connectivity index (χ0) is 14.0. The van der Waals surface area contributed by atoms with Gasteiger partial charge in [0.25, 0.3) is 0 Å². The minimum atomic E-state index is 0.357. The third-order valence-corrected chi connectivity index (χ3v) is 5.62. The number of rotatable bonds is 3. The maximum atomic E-state index is 6.47. The van der Waals surface area contributed by atoms with E-state index >= 15 is 0 Å². The molecule has 3 heteroatoms. The zero-order valence-corrected chi connectivity index (χ0v) is 14.3. The van der Waals surface area contributed by atoms with E-state index in [9.17, 15) is 0 Å². The summed E-state index contributed by atoms with van der Waals surface area (Å²) in [5.74, 6) is 2.31. The van der Waals surface area contributed by atoms with Crippen LogP contribution in [-0.2, 0) is 0 Å². The third-order valence-electron chi connectivity index (χ3n) is 4.31. The molecule has 0 saturated heterocycles. The van der Waals surface area contributed by atoms with Crippen LogP contribution in [0.1, 0.15) is 44.7 Å². The molecule has 106 valence electrons. The molecule has 0 aliphatic heterocycles. The van der Waals surface area contributed by atoms with Crippen LogP contribution in [0.15, 0.2) is 22.7 Å². The van der Waals surface area contributed by atoms with Gasteiger partial charge in [-0.2, -0.15) is 0 Å². The molecule has 1 aromatic carbocycles. The predicted molar refractivity (Wildman–Crippen MR) is 86.6 cm³/mol. The number of halogens is 2. The number of hydrogen-bond acceptors (Lipinski definition) is 1. The molecular formula is C16H23BrClN. The maximum absolute atomic E-state index is 6.47. The van der Waals surface area contributed by atoms with E-state index < -0.39 is 0 Å². The standard InChI is InChI=1S/C16H23BrClN/c1-10-7-11(2)9-12(8-10)16(19-3)13-5-4-6-14(17)15(13)18/h4-6,10-12,16,19H,7-9H2,1-3H3. The summed E-state index contributed by atoms with van der Waals surface area (Å²) in [4.78, 5) is 0. The smallest absolute Gasteiger partial charge is 0.0595 e. The summed E-state index contributed by atoms with van der Waals surface area (Å²) in [6, 6.07) is 6.59. The molecular weight excluding hydrogens is 322 g/mol. The van der Waals surface area contributed by atoms with Crippen LogP contribution >= 0.6 is 27.5 Å². The van der Waals surface area contributed by atoms with Crippen molar-refractivity contribution in [2.24, 2.45) is 17.8 Å². The molecule has 3 unspecified atom stereocenters. The molecule has 1 N–H and O–H groups in total. The Hall–Kier alpha value is -0.0500. The van der Waals surface area contributed by atoms with Crippen LogP contribution in [0, 0.1) is 17.8 Å². The van der Waals surface area contributed by atoms with Gasteiger partial charge in [-0.3, -0.25) is 0 Å². The lowest BCUT2D eigenvalue weighted by atomic mass is 9.72. The second kappa shape index (κ2) is 6.60. The number of nitrogens with one attached hydrogen (secondary N) is 1. The lowest BCUT2D eigenvalue weighted by Crippen LogP contribution is -2.31. The SMILES string of the molecule is CNC(c1cccc(Br)c1Cl)C1CC(C)CC(C)C1. The first kappa shape index (κ1) is 15.3. The quantitative estimate of drug-likeness (QED) is 0.770. The zero-order valence-electron chi connectivity index (χ0n) is 11.9. The average Bonchev–Trinajstić information content (AvgIpc) is 2.34. The van der Waals surface area contributed by atoms with E-state index in [1.165, 1.54) is 24.8 Å². The Balaban J connectivity index is 2.26. The Bertz CT molecular complexity index is 425. The fourth-order valence-corrected chi connectivity index (χ4v) is 4.31. The first-order chi connectivity index (χ1) is 9.02. The van der Waals surface area contributed by atoms with E-state index in [0.717, 1.165) is 21.3 Å². The maximum Gasteiger partial charge on any atom is 0.0595 e. The second-order valence-corrected chi connectivity index (χ2v) is 7.32. The highest BCUT2D eigenvalue weighted by Gasteiger charge is 2.31. The van der Waals surface area contributed by atoms with Gasteiger partial charge in [0.05, 0.1) is 5.02 Å². The lowest BCUT2D eigenvalue weighted by Gasteiger charge is -2.37. The van der Waals surface area contributed by atoms with E-state index in [4.69, 9.17) is 11.6 Å². The summed E-state index contributed by atoms with van der Waals surface area (Å²) in [5.41, 5.74) is 1.23. The van der Waals surface area contributed by atoms with Crippen LogP contribution in [-0.4, -0.2) is 7.05 Å². The molecule has 0 spiro atoms. The topological polar surface area (TPSA) is 12.0 Å². The van der Waals surface area contributed by atoms with Crippen LogP contribution in [0.3, 0.4) is 0 Å². The van der Waals surface area contributed by atoms with Gasteiger partial charge < -0.3 is 5.32 Å². The molecule has 1 aromatic rings. The number of hydrogen-bond donors (Lipinski definition) is 1. The third kappa shape index (κ3) is 3.53. The van der Waals surface area contributed by atoms with E-state index in [-0.39, 0.29) is 0 Å². The van der Waals surface area contributed by atoms with Crippen LogP contribution in [0.25, 0.3) is 0 Å². The van der Waals surface area contributed by atoms with Crippen molar-refractivity contribution >= 4 is 27.5 Å².